The Labute approximate surface area is 173 Å². The molecule has 0 atom stereocenters. The van der Waals surface area contributed by atoms with E-state index in [9.17, 15) is 18.0 Å². The summed E-state index contributed by atoms with van der Waals surface area (Å²) in [7, 11) is -3.53. The summed E-state index contributed by atoms with van der Waals surface area (Å²) >= 11 is 1.25. The van der Waals surface area contributed by atoms with Crippen molar-refractivity contribution in [3.8, 4) is 0 Å². The van der Waals surface area contributed by atoms with Crippen LogP contribution in [0.4, 0.5) is 5.13 Å². The molecule has 0 spiro atoms. The van der Waals surface area contributed by atoms with Gasteiger partial charge in [-0.25, -0.2) is 18.2 Å². The van der Waals surface area contributed by atoms with Gasteiger partial charge in [-0.1, -0.05) is 6.08 Å². The van der Waals surface area contributed by atoms with Gasteiger partial charge in [-0.05, 0) is 37.1 Å². The van der Waals surface area contributed by atoms with Crippen LogP contribution in [0.3, 0.4) is 0 Å². The van der Waals surface area contributed by atoms with Crippen molar-refractivity contribution in [2.75, 3.05) is 31.6 Å². The Balaban J connectivity index is 1.57. The quantitative estimate of drug-likeness (QED) is 0.367. The Kier molecular flexibility index (Phi) is 6.78. The van der Waals surface area contributed by atoms with Gasteiger partial charge < -0.3 is 10.1 Å². The predicted molar refractivity (Wildman–Crippen MR) is 110 cm³/mol. The third-order valence-corrected chi connectivity index (χ3v) is 7.04. The summed E-state index contributed by atoms with van der Waals surface area (Å²) in [6, 6.07) is 5.67. The van der Waals surface area contributed by atoms with Crippen molar-refractivity contribution in [1.82, 2.24) is 9.29 Å². The van der Waals surface area contributed by atoms with Crippen LogP contribution in [0.1, 0.15) is 33.7 Å². The number of sulfonamides is 1. The summed E-state index contributed by atoms with van der Waals surface area (Å²) in [5.41, 5.74) is 0.381. The largest absolute Gasteiger partial charge is 0.453 e. The third-order valence-electron chi connectivity index (χ3n) is 4.32. The number of nitrogens with one attached hydrogen (secondary N) is 1. The lowest BCUT2D eigenvalue weighted by Gasteiger charge is -2.15. The first-order valence-electron chi connectivity index (χ1n) is 9.02. The maximum atomic E-state index is 12.5. The average molecular weight is 436 g/mol. The monoisotopic (exact) mass is 435 g/mol. The first-order chi connectivity index (χ1) is 13.9. The molecule has 2 heterocycles. The number of carbonyl (C=O) groups is 2. The minimum absolute atomic E-state index is 0.112. The first kappa shape index (κ1) is 21.2. The van der Waals surface area contributed by atoms with Crippen LogP contribution in [0, 0.1) is 0 Å². The van der Waals surface area contributed by atoms with Crippen LogP contribution in [-0.2, 0) is 14.8 Å². The van der Waals surface area contributed by atoms with Crippen molar-refractivity contribution in [3.05, 3.63) is 53.6 Å². The van der Waals surface area contributed by atoms with Crippen molar-refractivity contribution < 1.29 is 22.7 Å². The number of Topliss-reactive ketones (excluding diaryl/α,β-unsaturated/α-hetero) is 1. The van der Waals surface area contributed by atoms with E-state index in [-0.39, 0.29) is 16.2 Å². The highest BCUT2D eigenvalue weighted by Crippen LogP contribution is 2.21. The number of thiazole rings is 1. The number of benzene rings is 1. The molecule has 1 aromatic carbocycles. The second-order valence-electron chi connectivity index (χ2n) is 6.34. The SMILES string of the molecule is C=CCNc1nc(C(=O)OCC(=O)c2ccc(S(=O)(=O)N3CCCC3)cc2)cs1. The van der Waals surface area contributed by atoms with Crippen molar-refractivity contribution in [1.29, 1.82) is 0 Å². The van der Waals surface area contributed by atoms with Crippen LogP contribution in [0.15, 0.2) is 47.2 Å². The second kappa shape index (κ2) is 9.29. The number of hydrogen-bond acceptors (Lipinski definition) is 8. The molecule has 1 fully saturated rings. The number of esters is 1. The molecule has 1 aliphatic heterocycles. The Morgan fingerprint density at radius 3 is 2.59 bits per heavy atom. The standard InChI is InChI=1S/C19H21N3O5S2/c1-2-9-20-19-21-16(13-28-19)18(24)27-12-17(23)14-5-7-15(8-6-14)29(25,26)22-10-3-4-11-22/h2,5-8,13H,1,3-4,9-12H2,(H,20,21). The van der Waals surface area contributed by atoms with Crippen molar-refractivity contribution in [2.24, 2.45) is 0 Å². The molecule has 1 saturated heterocycles. The van der Waals surface area contributed by atoms with Gasteiger partial charge in [-0.3, -0.25) is 4.79 Å². The summed E-state index contributed by atoms with van der Waals surface area (Å²) in [5, 5.41) is 5.05. The molecule has 0 amide bonds. The fourth-order valence-electron chi connectivity index (χ4n) is 2.79. The molecule has 0 radical (unpaired) electrons. The van der Waals surface area contributed by atoms with Crippen molar-refractivity contribution >= 4 is 38.2 Å². The number of carbonyl (C=O) groups excluding carboxylic acids is 2. The van der Waals surface area contributed by atoms with E-state index in [4.69, 9.17) is 4.74 Å². The minimum atomic E-state index is -3.53. The van der Waals surface area contributed by atoms with Gasteiger partial charge in [0.25, 0.3) is 0 Å². The van der Waals surface area contributed by atoms with Crippen LogP contribution in [0.5, 0.6) is 0 Å². The molecule has 154 valence electrons. The molecule has 3 rings (SSSR count). The lowest BCUT2D eigenvalue weighted by molar-refractivity contribution is 0.0470. The smallest absolute Gasteiger partial charge is 0.358 e. The van der Waals surface area contributed by atoms with Gasteiger partial charge in [0.1, 0.15) is 0 Å². The molecule has 1 aliphatic rings. The number of ether oxygens (including phenoxy) is 1. The van der Waals surface area contributed by atoms with Gasteiger partial charge in [0.2, 0.25) is 10.0 Å². The zero-order chi connectivity index (χ0) is 20.9. The van der Waals surface area contributed by atoms with Crippen LogP contribution < -0.4 is 5.32 Å². The number of hydrogen-bond donors (Lipinski definition) is 1. The first-order valence-corrected chi connectivity index (χ1v) is 11.3. The second-order valence-corrected chi connectivity index (χ2v) is 9.14. The fourth-order valence-corrected chi connectivity index (χ4v) is 4.99. The molecule has 0 unspecified atom stereocenters. The van der Waals surface area contributed by atoms with E-state index in [1.807, 2.05) is 0 Å². The number of rotatable bonds is 9. The number of nitrogens with zero attached hydrogens (tertiary/aromatic N) is 2. The number of aromatic nitrogens is 1. The minimum Gasteiger partial charge on any atom is -0.453 e. The third kappa shape index (κ3) is 5.08. The molecule has 8 nitrogen and oxygen atoms in total. The van der Waals surface area contributed by atoms with Gasteiger partial charge in [0.15, 0.2) is 23.2 Å². The van der Waals surface area contributed by atoms with Gasteiger partial charge in [-0.15, -0.1) is 17.9 Å². The van der Waals surface area contributed by atoms with E-state index in [0.29, 0.717) is 24.8 Å². The molecule has 0 aliphatic carbocycles. The molecule has 0 bridgehead atoms. The Morgan fingerprint density at radius 1 is 1.24 bits per heavy atom. The van der Waals surface area contributed by atoms with E-state index < -0.39 is 28.4 Å². The molecule has 0 saturated carbocycles. The molecule has 10 heteroatoms. The Morgan fingerprint density at radius 2 is 1.93 bits per heavy atom. The maximum Gasteiger partial charge on any atom is 0.358 e. The summed E-state index contributed by atoms with van der Waals surface area (Å²) in [6.45, 7) is 4.68. The van der Waals surface area contributed by atoms with E-state index in [2.05, 4.69) is 16.9 Å². The number of ketones is 1. The van der Waals surface area contributed by atoms with Crippen LogP contribution in [0.2, 0.25) is 0 Å². The van der Waals surface area contributed by atoms with Crippen LogP contribution >= 0.6 is 11.3 Å². The van der Waals surface area contributed by atoms with E-state index in [1.54, 1.807) is 6.08 Å². The van der Waals surface area contributed by atoms with E-state index >= 15 is 0 Å². The van der Waals surface area contributed by atoms with Crippen molar-refractivity contribution in [2.45, 2.75) is 17.7 Å². The topological polar surface area (TPSA) is 106 Å². The lowest BCUT2D eigenvalue weighted by atomic mass is 10.1. The summed E-state index contributed by atoms with van der Waals surface area (Å²) in [4.78, 5) is 28.5. The molecule has 1 aromatic heterocycles. The number of anilines is 1. The summed E-state index contributed by atoms with van der Waals surface area (Å²) in [5.74, 6) is -1.13. The summed E-state index contributed by atoms with van der Waals surface area (Å²) < 4.78 is 31.5. The molecule has 2 aromatic rings. The van der Waals surface area contributed by atoms with Gasteiger partial charge in [0.05, 0.1) is 4.90 Å². The molecule has 1 N–H and O–H groups in total. The molecule has 29 heavy (non-hydrogen) atoms. The molecular formula is C19H21N3O5S2. The van der Waals surface area contributed by atoms with Crippen molar-refractivity contribution in [3.63, 3.8) is 0 Å². The fraction of sp³-hybridized carbons (Fsp3) is 0.316. The zero-order valence-corrected chi connectivity index (χ0v) is 17.3. The highest BCUT2D eigenvalue weighted by molar-refractivity contribution is 7.89. The zero-order valence-electron chi connectivity index (χ0n) is 15.7. The highest BCUT2D eigenvalue weighted by Gasteiger charge is 2.27. The van der Waals surface area contributed by atoms with Gasteiger partial charge >= 0.3 is 5.97 Å². The average Bonchev–Trinajstić information content (AvgIpc) is 3.43. The van der Waals surface area contributed by atoms with Gasteiger partial charge in [0, 0.05) is 30.6 Å². The van der Waals surface area contributed by atoms with Crippen LogP contribution in [-0.4, -0.2) is 55.7 Å². The summed E-state index contributed by atoms with van der Waals surface area (Å²) in [6.07, 6.45) is 3.37. The Bertz CT molecular complexity index is 993. The maximum absolute atomic E-state index is 12.5. The lowest BCUT2D eigenvalue weighted by Crippen LogP contribution is -2.27. The predicted octanol–water partition coefficient (Wildman–Crippen LogP) is 2.57. The van der Waals surface area contributed by atoms with E-state index in [1.165, 1.54) is 45.3 Å². The van der Waals surface area contributed by atoms with Gasteiger partial charge in [-0.2, -0.15) is 4.31 Å². The highest BCUT2D eigenvalue weighted by atomic mass is 32.2. The van der Waals surface area contributed by atoms with E-state index in [0.717, 1.165) is 12.8 Å². The molecular weight excluding hydrogens is 414 g/mol. The normalized spacial score (nSPS) is 14.5. The Hall–Kier alpha value is -2.56. The van der Waals surface area contributed by atoms with Crippen LogP contribution in [0.25, 0.3) is 0 Å².